The first-order chi connectivity index (χ1) is 12.3. The van der Waals surface area contributed by atoms with E-state index in [1.807, 2.05) is 0 Å². The van der Waals surface area contributed by atoms with Crippen LogP contribution >= 0.6 is 0 Å². The molecular weight excluding hydrogens is 314 g/mol. The minimum absolute atomic E-state index is 0.152. The van der Waals surface area contributed by atoms with Crippen molar-refractivity contribution in [1.29, 1.82) is 0 Å². The molecule has 1 spiro atoms. The van der Waals surface area contributed by atoms with Gasteiger partial charge < -0.3 is 14.5 Å². The van der Waals surface area contributed by atoms with Crippen LogP contribution in [-0.2, 0) is 4.74 Å². The van der Waals surface area contributed by atoms with Crippen LogP contribution in [0.4, 0.5) is 0 Å². The van der Waals surface area contributed by atoms with Gasteiger partial charge in [0, 0.05) is 24.7 Å². The second kappa shape index (κ2) is 6.24. The zero-order valence-electron chi connectivity index (χ0n) is 14.5. The van der Waals surface area contributed by atoms with Crippen molar-refractivity contribution in [3.8, 4) is 11.5 Å². The van der Waals surface area contributed by atoms with E-state index in [0.717, 1.165) is 44.2 Å². The molecule has 2 aromatic rings. The van der Waals surface area contributed by atoms with Gasteiger partial charge in [0.1, 0.15) is 6.26 Å². The van der Waals surface area contributed by atoms with Crippen LogP contribution in [0.3, 0.4) is 0 Å². The van der Waals surface area contributed by atoms with Crippen LogP contribution in [0, 0.1) is 0 Å². The number of hydrogen-bond acceptors (Lipinski definition) is 5. The Hall–Kier alpha value is -1.69. The molecule has 1 aromatic heterocycles. The van der Waals surface area contributed by atoms with Gasteiger partial charge >= 0.3 is 0 Å². The molecule has 1 N–H and O–H groups in total. The van der Waals surface area contributed by atoms with E-state index in [1.54, 1.807) is 12.5 Å². The van der Waals surface area contributed by atoms with Crippen LogP contribution in [0.2, 0.25) is 0 Å². The molecule has 4 heterocycles. The van der Waals surface area contributed by atoms with Crippen LogP contribution < -0.4 is 5.32 Å². The predicted octanol–water partition coefficient (Wildman–Crippen LogP) is 2.65. The van der Waals surface area contributed by atoms with Crippen molar-refractivity contribution in [2.75, 3.05) is 32.8 Å². The molecule has 3 aliphatic rings. The maximum Gasteiger partial charge on any atom is 0.226 e. The third kappa shape index (κ3) is 2.80. The summed E-state index contributed by atoms with van der Waals surface area (Å²) < 4.78 is 11.6. The molecule has 0 bridgehead atoms. The fourth-order valence-electron chi connectivity index (χ4n) is 4.68. The van der Waals surface area contributed by atoms with E-state index in [1.165, 1.54) is 24.8 Å². The van der Waals surface area contributed by atoms with Gasteiger partial charge in [-0.2, -0.15) is 0 Å². The molecule has 3 aliphatic heterocycles. The van der Waals surface area contributed by atoms with Gasteiger partial charge in [0.2, 0.25) is 5.89 Å². The predicted molar refractivity (Wildman–Crippen MR) is 95.4 cm³/mol. The van der Waals surface area contributed by atoms with Crippen LogP contribution in [0.15, 0.2) is 41.1 Å². The van der Waals surface area contributed by atoms with E-state index >= 15 is 0 Å². The summed E-state index contributed by atoms with van der Waals surface area (Å²) >= 11 is 0. The van der Waals surface area contributed by atoms with Crippen LogP contribution in [-0.4, -0.2) is 54.3 Å². The molecule has 3 fully saturated rings. The number of nitrogens with zero attached hydrogens (tertiary/aromatic N) is 2. The third-order valence-electron chi connectivity index (χ3n) is 6.19. The monoisotopic (exact) mass is 339 g/mol. The number of nitrogens with one attached hydrogen (secondary N) is 1. The quantitative estimate of drug-likeness (QED) is 0.932. The van der Waals surface area contributed by atoms with E-state index in [4.69, 9.17) is 9.15 Å². The molecule has 1 atom stereocenters. The van der Waals surface area contributed by atoms with Crippen LogP contribution in [0.25, 0.3) is 11.5 Å². The van der Waals surface area contributed by atoms with E-state index < -0.39 is 0 Å². The van der Waals surface area contributed by atoms with Crippen molar-refractivity contribution in [3.63, 3.8) is 0 Å². The Morgan fingerprint density at radius 1 is 1.16 bits per heavy atom. The maximum atomic E-state index is 6.10. The molecule has 132 valence electrons. The highest BCUT2D eigenvalue weighted by Gasteiger charge is 2.47. The second-order valence-electron chi connectivity index (χ2n) is 7.69. The van der Waals surface area contributed by atoms with Gasteiger partial charge in [0.25, 0.3) is 0 Å². The summed E-state index contributed by atoms with van der Waals surface area (Å²) in [6.45, 7) is 5.27. The van der Waals surface area contributed by atoms with Crippen molar-refractivity contribution in [2.24, 2.45) is 0 Å². The van der Waals surface area contributed by atoms with Crippen molar-refractivity contribution < 1.29 is 9.15 Å². The Bertz CT molecular complexity index is 718. The van der Waals surface area contributed by atoms with Gasteiger partial charge in [-0.1, -0.05) is 18.2 Å². The van der Waals surface area contributed by atoms with Gasteiger partial charge in [-0.25, -0.2) is 4.98 Å². The summed E-state index contributed by atoms with van der Waals surface area (Å²) in [4.78, 5) is 7.00. The lowest BCUT2D eigenvalue weighted by Gasteiger charge is -2.40. The minimum atomic E-state index is 0.152. The van der Waals surface area contributed by atoms with E-state index in [0.29, 0.717) is 12.0 Å². The lowest BCUT2D eigenvalue weighted by Crippen LogP contribution is -2.59. The zero-order valence-corrected chi connectivity index (χ0v) is 14.5. The van der Waals surface area contributed by atoms with Crippen LogP contribution in [0.5, 0.6) is 0 Å². The fourth-order valence-corrected chi connectivity index (χ4v) is 4.68. The Morgan fingerprint density at radius 2 is 2.00 bits per heavy atom. The van der Waals surface area contributed by atoms with Crippen LogP contribution in [0.1, 0.15) is 30.7 Å². The Morgan fingerprint density at radius 3 is 2.68 bits per heavy atom. The normalized spacial score (nSPS) is 26.8. The average molecular weight is 339 g/mol. The summed E-state index contributed by atoms with van der Waals surface area (Å²) in [5.74, 6) is 1.32. The number of aromatic nitrogens is 1. The zero-order chi connectivity index (χ0) is 16.7. The Kier molecular flexibility index (Phi) is 3.88. The highest BCUT2D eigenvalue weighted by molar-refractivity contribution is 5.59. The number of ether oxygens (including phenoxy) is 1. The number of rotatable bonds is 3. The lowest BCUT2D eigenvalue weighted by atomic mass is 9.85. The molecule has 0 amide bonds. The maximum absolute atomic E-state index is 6.10. The standard InChI is InChI=1S/C20H25N3O2/c1-2-4-18(19-22-7-10-24-19)17(3-1)15-5-8-23(9-6-15)16-11-20(25-12-16)13-21-14-20/h1-4,7,10,15-16,21H,5-6,8-9,11-14H2. The van der Waals surface area contributed by atoms with Crippen molar-refractivity contribution >= 4 is 0 Å². The van der Waals surface area contributed by atoms with Gasteiger partial charge in [-0.05, 0) is 49.9 Å². The topological polar surface area (TPSA) is 50.5 Å². The highest BCUT2D eigenvalue weighted by atomic mass is 16.5. The number of likely N-dealkylation sites (tertiary alicyclic amines) is 1. The van der Waals surface area contributed by atoms with Gasteiger partial charge in [0.15, 0.2) is 0 Å². The summed E-state index contributed by atoms with van der Waals surface area (Å²) in [7, 11) is 0. The molecule has 25 heavy (non-hydrogen) atoms. The number of benzene rings is 1. The van der Waals surface area contributed by atoms with Crippen molar-refractivity contribution in [3.05, 3.63) is 42.3 Å². The number of oxazole rings is 1. The molecule has 1 unspecified atom stereocenters. The minimum Gasteiger partial charge on any atom is -0.445 e. The highest BCUT2D eigenvalue weighted by Crippen LogP contribution is 2.38. The Balaban J connectivity index is 1.27. The summed E-state index contributed by atoms with van der Waals surface area (Å²) in [5, 5.41) is 3.36. The van der Waals surface area contributed by atoms with E-state index in [9.17, 15) is 0 Å². The van der Waals surface area contributed by atoms with Gasteiger partial charge in [-0.3, -0.25) is 4.90 Å². The molecule has 0 saturated carbocycles. The second-order valence-corrected chi connectivity index (χ2v) is 7.69. The van der Waals surface area contributed by atoms with E-state index in [2.05, 4.69) is 39.5 Å². The van der Waals surface area contributed by atoms with E-state index in [-0.39, 0.29) is 5.60 Å². The van der Waals surface area contributed by atoms with Crippen molar-refractivity contribution in [2.45, 2.75) is 36.8 Å². The molecular formula is C20H25N3O2. The van der Waals surface area contributed by atoms with Gasteiger partial charge in [0.05, 0.1) is 18.4 Å². The summed E-state index contributed by atoms with van der Waals surface area (Å²) in [6, 6.07) is 9.18. The third-order valence-corrected chi connectivity index (χ3v) is 6.19. The first-order valence-corrected chi connectivity index (χ1v) is 9.41. The van der Waals surface area contributed by atoms with Crippen molar-refractivity contribution in [1.82, 2.24) is 15.2 Å². The van der Waals surface area contributed by atoms with Gasteiger partial charge in [-0.15, -0.1) is 0 Å². The summed E-state index contributed by atoms with van der Waals surface area (Å²) in [6.07, 6.45) is 6.95. The SMILES string of the molecule is c1ccc(C2CCN(C3COC4(CNC4)C3)CC2)c(-c2ncco2)c1. The first-order valence-electron chi connectivity index (χ1n) is 9.41. The Labute approximate surface area is 148 Å². The molecule has 5 heteroatoms. The lowest BCUT2D eigenvalue weighted by molar-refractivity contribution is -0.0367. The smallest absolute Gasteiger partial charge is 0.226 e. The summed E-state index contributed by atoms with van der Waals surface area (Å²) in [5.41, 5.74) is 2.68. The molecule has 0 radical (unpaired) electrons. The molecule has 3 saturated heterocycles. The first kappa shape index (κ1) is 15.6. The largest absolute Gasteiger partial charge is 0.445 e. The average Bonchev–Trinajstić information content (AvgIpc) is 3.32. The molecule has 5 nitrogen and oxygen atoms in total. The number of piperidine rings is 1. The molecule has 5 rings (SSSR count). The number of hydrogen-bond donors (Lipinski definition) is 1. The fraction of sp³-hybridized carbons (Fsp3) is 0.550. The molecule has 1 aromatic carbocycles. The molecule has 0 aliphatic carbocycles.